The highest BCUT2D eigenvalue weighted by molar-refractivity contribution is 6.24. The number of pyridine rings is 1. The van der Waals surface area contributed by atoms with Gasteiger partial charge in [0.15, 0.2) is 11.6 Å². The van der Waals surface area contributed by atoms with Crippen LogP contribution in [0.5, 0.6) is 5.75 Å². The number of hydrogen-bond donors (Lipinski definition) is 0. The van der Waals surface area contributed by atoms with Gasteiger partial charge in [0.2, 0.25) is 0 Å². The monoisotopic (exact) mass is 762 g/mol. The molecule has 3 aromatic carbocycles. The first-order valence-corrected chi connectivity index (χ1v) is 19.7. The van der Waals surface area contributed by atoms with E-state index in [1.165, 1.54) is 5.69 Å². The zero-order valence-electron chi connectivity index (χ0n) is 31.6. The van der Waals surface area contributed by atoms with Crippen LogP contribution in [-0.4, -0.2) is 99.1 Å². The molecule has 9 rings (SSSR count). The molecule has 0 radical (unpaired) electrons. The van der Waals surface area contributed by atoms with E-state index >= 15 is 0 Å². The molecule has 2 aromatic heterocycles. The Labute approximate surface area is 330 Å². The molecule has 0 spiro atoms. The van der Waals surface area contributed by atoms with Crippen molar-refractivity contribution in [2.75, 3.05) is 44.2 Å². The summed E-state index contributed by atoms with van der Waals surface area (Å²) in [6.07, 6.45) is 8.78. The Morgan fingerprint density at radius 2 is 1.51 bits per heavy atom. The van der Waals surface area contributed by atoms with E-state index in [0.29, 0.717) is 18.8 Å². The molecule has 2 aliphatic carbocycles. The third kappa shape index (κ3) is 7.05. The Hall–Kier alpha value is -6.27. The molecule has 1 saturated carbocycles. The van der Waals surface area contributed by atoms with Crippen LogP contribution in [0.3, 0.4) is 0 Å². The summed E-state index contributed by atoms with van der Waals surface area (Å²) < 4.78 is 7.97. The van der Waals surface area contributed by atoms with Gasteiger partial charge in [-0.25, -0.2) is 4.68 Å². The molecule has 4 heterocycles. The second-order valence-electron chi connectivity index (χ2n) is 15.2. The van der Waals surface area contributed by atoms with E-state index < -0.39 is 17.9 Å². The zero-order valence-corrected chi connectivity index (χ0v) is 31.6. The number of aromatic nitrogens is 3. The minimum Gasteiger partial charge on any atom is -0.493 e. The van der Waals surface area contributed by atoms with E-state index in [1.54, 1.807) is 30.6 Å². The molecule has 0 N–H and O–H groups in total. The van der Waals surface area contributed by atoms with E-state index in [2.05, 4.69) is 51.3 Å². The Kier molecular flexibility index (Phi) is 9.79. The van der Waals surface area contributed by atoms with Crippen LogP contribution in [0.1, 0.15) is 75.2 Å². The first kappa shape index (κ1) is 36.4. The first-order valence-electron chi connectivity index (χ1n) is 19.7. The first-order chi connectivity index (χ1) is 27.8. The smallest absolute Gasteiger partial charge is 0.266 e. The largest absolute Gasteiger partial charge is 0.493 e. The summed E-state index contributed by atoms with van der Waals surface area (Å²) >= 11 is 0. The number of carbonyl (C=O) groups excluding carboxylic acids is 5. The number of carbonyl (C=O) groups is 5. The summed E-state index contributed by atoms with van der Waals surface area (Å²) in [7, 11) is 0. The van der Waals surface area contributed by atoms with Crippen LogP contribution in [0.15, 0.2) is 91.4 Å². The number of ether oxygens (including phenoxy) is 1. The van der Waals surface area contributed by atoms with Gasteiger partial charge in [-0.05, 0) is 91.9 Å². The van der Waals surface area contributed by atoms with Gasteiger partial charge in [0.1, 0.15) is 17.2 Å². The molecule has 12 heteroatoms. The Bertz CT molecular complexity index is 2400. The van der Waals surface area contributed by atoms with Crippen molar-refractivity contribution < 1.29 is 28.7 Å². The number of fused-ring (bicyclic) bond motifs is 2. The highest BCUT2D eigenvalue weighted by Crippen LogP contribution is 2.36. The number of unbranched alkanes of at least 4 members (excludes halogenated alkanes) is 1. The number of benzene rings is 3. The molecule has 12 nitrogen and oxygen atoms in total. The normalized spacial score (nSPS) is 18.4. The van der Waals surface area contributed by atoms with Crippen molar-refractivity contribution in [3.63, 3.8) is 0 Å². The number of Topliss-reactive ketones (excluding diaryl/α,β-unsaturated/α-hetero) is 3. The number of rotatable bonds is 11. The molecule has 0 bridgehead atoms. The molecule has 2 amide bonds. The van der Waals surface area contributed by atoms with E-state index in [0.717, 1.165) is 96.1 Å². The maximum atomic E-state index is 13.4. The number of hydrogen-bond acceptors (Lipinski definition) is 10. The summed E-state index contributed by atoms with van der Waals surface area (Å²) in [5.74, 6) is -1.00. The molecule has 57 heavy (non-hydrogen) atoms. The quantitative estimate of drug-likeness (QED) is 0.0897. The standard InChI is InChI=1S/C45H42N6O6/c52-34-12-14-38(40(54)27-34)51-44(55)36-4-3-5-41(42(36)45(51)56)57-25-2-1-20-48-21-23-49(24-22-48)32-8-10-33(11-9-32)50-28-37(43(47-50)29-16-18-46-19-17-29)31-6-13-35-30(26-31)7-15-39(35)53/h3-6,8-11,13,16-19,26,28,38H,1-2,7,12,14-15,20-25,27H2/t38-/m0/s1. The topological polar surface area (TPSA) is 135 Å². The Morgan fingerprint density at radius 1 is 0.719 bits per heavy atom. The fourth-order valence-electron chi connectivity index (χ4n) is 8.54. The predicted molar refractivity (Wildman–Crippen MR) is 213 cm³/mol. The minimum absolute atomic E-state index is 0.157. The number of nitrogens with zero attached hydrogens (tertiary/aromatic N) is 6. The lowest BCUT2D eigenvalue weighted by Crippen LogP contribution is -2.47. The van der Waals surface area contributed by atoms with Crippen LogP contribution in [0.2, 0.25) is 0 Å². The number of amides is 2. The average molecular weight is 763 g/mol. The van der Waals surface area contributed by atoms with Crippen LogP contribution in [-0.2, 0) is 16.0 Å². The van der Waals surface area contributed by atoms with Crippen molar-refractivity contribution >= 4 is 34.9 Å². The lowest BCUT2D eigenvalue weighted by atomic mass is 9.92. The van der Waals surface area contributed by atoms with Crippen molar-refractivity contribution in [2.24, 2.45) is 0 Å². The molecule has 0 unspecified atom stereocenters. The predicted octanol–water partition coefficient (Wildman–Crippen LogP) is 6.00. The second kappa shape index (κ2) is 15.3. The van der Waals surface area contributed by atoms with E-state index in [4.69, 9.17) is 9.84 Å². The third-order valence-electron chi connectivity index (χ3n) is 11.6. The second-order valence-corrected chi connectivity index (χ2v) is 15.2. The van der Waals surface area contributed by atoms with Gasteiger partial charge in [-0.1, -0.05) is 24.3 Å². The summed E-state index contributed by atoms with van der Waals surface area (Å²) in [5, 5.41) is 5.04. The molecular weight excluding hydrogens is 721 g/mol. The van der Waals surface area contributed by atoms with Gasteiger partial charge in [-0.2, -0.15) is 5.10 Å². The summed E-state index contributed by atoms with van der Waals surface area (Å²) in [6.45, 7) is 5.04. The van der Waals surface area contributed by atoms with Crippen molar-refractivity contribution in [3.05, 3.63) is 114 Å². The molecule has 288 valence electrons. The highest BCUT2D eigenvalue weighted by Gasteiger charge is 2.45. The Balaban J connectivity index is 0.779. The minimum atomic E-state index is -0.901. The molecule has 4 aliphatic rings. The van der Waals surface area contributed by atoms with Crippen LogP contribution in [0.25, 0.3) is 28.1 Å². The zero-order chi connectivity index (χ0) is 39.0. The summed E-state index contributed by atoms with van der Waals surface area (Å²) in [6, 6.07) is 22.6. The van der Waals surface area contributed by atoms with E-state index in [9.17, 15) is 24.0 Å². The molecule has 1 atom stereocenters. The number of piperazine rings is 1. The fraction of sp³-hybridized carbons (Fsp3) is 0.311. The van der Waals surface area contributed by atoms with Gasteiger partial charge >= 0.3 is 0 Å². The van der Waals surface area contributed by atoms with Crippen LogP contribution in [0.4, 0.5) is 5.69 Å². The van der Waals surface area contributed by atoms with Crippen LogP contribution in [0, 0.1) is 0 Å². The van der Waals surface area contributed by atoms with Gasteiger partial charge < -0.3 is 9.64 Å². The van der Waals surface area contributed by atoms with Gasteiger partial charge in [-0.3, -0.25) is 38.8 Å². The molecular formula is C45H42N6O6. The van der Waals surface area contributed by atoms with Crippen molar-refractivity contribution in [1.29, 1.82) is 0 Å². The van der Waals surface area contributed by atoms with Crippen LogP contribution < -0.4 is 9.64 Å². The van der Waals surface area contributed by atoms with Crippen LogP contribution >= 0.6 is 0 Å². The molecule has 2 aliphatic heterocycles. The van der Waals surface area contributed by atoms with Crippen molar-refractivity contribution in [3.8, 4) is 33.8 Å². The SMILES string of the molecule is O=C1CC[C@H](N2C(=O)c3cccc(OCCCCN4CCN(c5ccc(-n6cc(-c7ccc8c(c7)CCC8=O)c(-c7ccncc7)n6)cc5)CC4)c3C2=O)C(=O)C1. The van der Waals surface area contributed by atoms with Gasteiger partial charge in [-0.15, -0.1) is 0 Å². The maximum absolute atomic E-state index is 13.4. The molecule has 1 saturated heterocycles. The lowest BCUT2D eigenvalue weighted by Gasteiger charge is -2.36. The van der Waals surface area contributed by atoms with E-state index in [-0.39, 0.29) is 47.7 Å². The molecule has 5 aromatic rings. The van der Waals surface area contributed by atoms with Gasteiger partial charge in [0, 0.05) is 80.0 Å². The van der Waals surface area contributed by atoms with Gasteiger partial charge in [0.05, 0.1) is 35.9 Å². The third-order valence-corrected chi connectivity index (χ3v) is 11.6. The van der Waals surface area contributed by atoms with Gasteiger partial charge in [0.25, 0.3) is 11.8 Å². The lowest BCUT2D eigenvalue weighted by molar-refractivity contribution is -0.132. The average Bonchev–Trinajstić information content (AvgIpc) is 3.92. The number of aryl methyl sites for hydroxylation is 1. The van der Waals surface area contributed by atoms with Crippen molar-refractivity contribution in [2.45, 2.75) is 51.0 Å². The number of anilines is 1. The number of ketones is 3. The maximum Gasteiger partial charge on any atom is 0.266 e. The summed E-state index contributed by atoms with van der Waals surface area (Å²) in [4.78, 5) is 73.2. The fourth-order valence-corrected chi connectivity index (χ4v) is 8.54. The van der Waals surface area contributed by atoms with Crippen molar-refractivity contribution in [1.82, 2.24) is 24.6 Å². The van der Waals surface area contributed by atoms with E-state index in [1.807, 2.05) is 28.9 Å². The highest BCUT2D eigenvalue weighted by atomic mass is 16.5. The summed E-state index contributed by atoms with van der Waals surface area (Å²) in [5.41, 5.74) is 8.39. The molecule has 2 fully saturated rings. The number of imide groups is 1. The Morgan fingerprint density at radius 3 is 2.30 bits per heavy atom.